The van der Waals surface area contributed by atoms with Gasteiger partial charge < -0.3 is 10.0 Å². The predicted octanol–water partition coefficient (Wildman–Crippen LogP) is 1.23. The fourth-order valence-corrected chi connectivity index (χ4v) is 4.37. The second kappa shape index (κ2) is 7.90. The van der Waals surface area contributed by atoms with Gasteiger partial charge in [0.15, 0.2) is 5.82 Å². The molecule has 146 valence electrons. The van der Waals surface area contributed by atoms with Gasteiger partial charge in [-0.15, -0.1) is 5.10 Å². The molecule has 0 atom stereocenters. The Hall–Kier alpha value is -2.06. The number of hydrogen-bond donors (Lipinski definition) is 1. The highest BCUT2D eigenvalue weighted by Crippen LogP contribution is 2.30. The molecule has 2 aromatic rings. The number of aromatic nitrogens is 5. The molecule has 8 heteroatoms. The third kappa shape index (κ3) is 4.44. The molecule has 1 saturated heterocycles. The maximum atomic E-state index is 12.2. The summed E-state index contributed by atoms with van der Waals surface area (Å²) in [5.41, 5.74) is -0.576. The lowest BCUT2D eigenvalue weighted by atomic mass is 9.84. The van der Waals surface area contributed by atoms with E-state index in [1.165, 1.54) is 18.8 Å². The minimum Gasteiger partial charge on any atom is -0.389 e. The molecule has 2 aromatic heterocycles. The number of hydrogen-bond acceptors (Lipinski definition) is 6. The van der Waals surface area contributed by atoms with Gasteiger partial charge in [0, 0.05) is 19.2 Å². The first-order valence-electron chi connectivity index (χ1n) is 9.99. The van der Waals surface area contributed by atoms with Crippen molar-refractivity contribution in [2.45, 2.75) is 57.1 Å². The molecule has 4 rings (SSSR count). The van der Waals surface area contributed by atoms with Crippen molar-refractivity contribution in [3.8, 4) is 5.82 Å². The van der Waals surface area contributed by atoms with Crippen molar-refractivity contribution in [2.24, 2.45) is 5.92 Å². The largest absolute Gasteiger partial charge is 0.389 e. The maximum Gasteiger partial charge on any atom is 0.266 e. The molecular formula is C19H28N6O2. The van der Waals surface area contributed by atoms with Gasteiger partial charge in [-0.1, -0.05) is 19.3 Å². The second-order valence-corrected chi connectivity index (χ2v) is 8.06. The van der Waals surface area contributed by atoms with Crippen LogP contribution in [0.1, 0.15) is 44.9 Å². The molecule has 1 saturated carbocycles. The highest BCUT2D eigenvalue weighted by molar-refractivity contribution is 5.16. The number of likely N-dealkylation sites (tertiary alicyclic amines) is 1. The molecule has 2 aliphatic rings. The lowest BCUT2D eigenvalue weighted by Crippen LogP contribution is -2.47. The van der Waals surface area contributed by atoms with Gasteiger partial charge in [-0.3, -0.25) is 4.79 Å². The maximum absolute atomic E-state index is 12.2. The summed E-state index contributed by atoms with van der Waals surface area (Å²) in [6.45, 7) is 3.37. The Labute approximate surface area is 158 Å². The van der Waals surface area contributed by atoms with E-state index in [2.05, 4.69) is 20.1 Å². The van der Waals surface area contributed by atoms with Gasteiger partial charge >= 0.3 is 0 Å². The molecule has 0 unspecified atom stereocenters. The molecule has 27 heavy (non-hydrogen) atoms. The second-order valence-electron chi connectivity index (χ2n) is 8.06. The Balaban J connectivity index is 1.34. The van der Waals surface area contributed by atoms with E-state index in [9.17, 15) is 9.90 Å². The lowest BCUT2D eigenvalue weighted by Gasteiger charge is -2.40. The van der Waals surface area contributed by atoms with Crippen LogP contribution in [0.4, 0.5) is 0 Å². The van der Waals surface area contributed by atoms with Gasteiger partial charge in [-0.2, -0.15) is 5.10 Å². The first-order valence-corrected chi connectivity index (χ1v) is 9.99. The van der Waals surface area contributed by atoms with E-state index in [-0.39, 0.29) is 5.56 Å². The Morgan fingerprint density at radius 1 is 1.15 bits per heavy atom. The van der Waals surface area contributed by atoms with Crippen LogP contribution in [0.2, 0.25) is 0 Å². The van der Waals surface area contributed by atoms with E-state index in [1.807, 2.05) is 0 Å². The third-order valence-electron chi connectivity index (χ3n) is 5.95. The van der Waals surface area contributed by atoms with Crippen molar-refractivity contribution < 1.29 is 5.11 Å². The van der Waals surface area contributed by atoms with Crippen LogP contribution in [0.3, 0.4) is 0 Å². The van der Waals surface area contributed by atoms with E-state index in [4.69, 9.17) is 0 Å². The van der Waals surface area contributed by atoms with E-state index in [0.717, 1.165) is 58.2 Å². The Morgan fingerprint density at radius 3 is 2.63 bits per heavy atom. The molecular weight excluding hydrogens is 344 g/mol. The normalized spacial score (nSPS) is 21.4. The summed E-state index contributed by atoms with van der Waals surface area (Å²) in [5, 5.41) is 19.3. The van der Waals surface area contributed by atoms with Crippen molar-refractivity contribution in [1.82, 2.24) is 29.4 Å². The fourth-order valence-electron chi connectivity index (χ4n) is 4.37. The van der Waals surface area contributed by atoms with Crippen LogP contribution in [0.5, 0.6) is 0 Å². The van der Waals surface area contributed by atoms with Crippen LogP contribution in [0, 0.1) is 5.92 Å². The number of rotatable bonds is 5. The van der Waals surface area contributed by atoms with Gasteiger partial charge in [0.2, 0.25) is 0 Å². The Kier molecular flexibility index (Phi) is 5.36. The van der Waals surface area contributed by atoms with Crippen molar-refractivity contribution in [1.29, 1.82) is 0 Å². The minimum atomic E-state index is -0.490. The standard InChI is InChI=1S/C19H28N6O2/c26-18-5-4-17(25-15-20-14-21-25)22-24(18)12-16-6-10-23(11-7-16)13-19(27)8-2-1-3-9-19/h4-5,14-16,27H,1-3,6-13H2. The van der Waals surface area contributed by atoms with Crippen molar-refractivity contribution >= 4 is 0 Å². The molecule has 1 aliphatic carbocycles. The van der Waals surface area contributed by atoms with Crippen LogP contribution in [-0.4, -0.2) is 59.8 Å². The highest BCUT2D eigenvalue weighted by Gasteiger charge is 2.32. The van der Waals surface area contributed by atoms with E-state index >= 15 is 0 Å². The van der Waals surface area contributed by atoms with Crippen molar-refractivity contribution in [2.75, 3.05) is 19.6 Å². The topological polar surface area (TPSA) is 89.1 Å². The van der Waals surface area contributed by atoms with Gasteiger partial charge in [-0.05, 0) is 50.8 Å². The summed E-state index contributed by atoms with van der Waals surface area (Å²) in [6, 6.07) is 3.21. The quantitative estimate of drug-likeness (QED) is 0.849. The Morgan fingerprint density at radius 2 is 1.93 bits per heavy atom. The van der Waals surface area contributed by atoms with Gasteiger partial charge in [0.05, 0.1) is 5.60 Å². The average Bonchev–Trinajstić information content (AvgIpc) is 3.20. The molecule has 0 radical (unpaired) electrons. The lowest BCUT2D eigenvalue weighted by molar-refractivity contribution is -0.0332. The Bertz CT molecular complexity index is 789. The zero-order valence-corrected chi connectivity index (χ0v) is 15.7. The molecule has 1 N–H and O–H groups in total. The van der Waals surface area contributed by atoms with E-state index < -0.39 is 5.60 Å². The SMILES string of the molecule is O=c1ccc(-n2cncn2)nn1CC1CCN(CC2(O)CCCCC2)CC1. The minimum absolute atomic E-state index is 0.0854. The van der Waals surface area contributed by atoms with Gasteiger partial charge in [-0.25, -0.2) is 14.3 Å². The van der Waals surface area contributed by atoms with Crippen LogP contribution in [0.15, 0.2) is 29.6 Å². The monoisotopic (exact) mass is 372 g/mol. The number of piperidine rings is 1. The van der Waals surface area contributed by atoms with Crippen molar-refractivity contribution in [3.63, 3.8) is 0 Å². The predicted molar refractivity (Wildman–Crippen MR) is 101 cm³/mol. The fraction of sp³-hybridized carbons (Fsp3) is 0.684. The summed E-state index contributed by atoms with van der Waals surface area (Å²) < 4.78 is 3.11. The zero-order valence-electron chi connectivity index (χ0n) is 15.7. The van der Waals surface area contributed by atoms with Crippen LogP contribution >= 0.6 is 0 Å². The van der Waals surface area contributed by atoms with Crippen LogP contribution < -0.4 is 5.56 Å². The number of nitrogens with zero attached hydrogens (tertiary/aromatic N) is 6. The highest BCUT2D eigenvalue weighted by atomic mass is 16.3. The zero-order chi connectivity index (χ0) is 18.7. The number of aliphatic hydroxyl groups is 1. The summed E-state index contributed by atoms with van der Waals surface area (Å²) in [7, 11) is 0. The summed E-state index contributed by atoms with van der Waals surface area (Å²) in [6.07, 6.45) is 10.5. The molecule has 0 bridgehead atoms. The van der Waals surface area contributed by atoms with Gasteiger partial charge in [0.25, 0.3) is 5.56 Å². The average molecular weight is 372 g/mol. The molecule has 1 aliphatic heterocycles. The van der Waals surface area contributed by atoms with E-state index in [0.29, 0.717) is 18.3 Å². The number of β-amino-alcohol motifs (C(OH)–C–C–N with tert-alkyl or cyclic N) is 1. The molecule has 0 aromatic carbocycles. The molecule has 0 amide bonds. The third-order valence-corrected chi connectivity index (χ3v) is 5.95. The molecule has 3 heterocycles. The summed E-state index contributed by atoms with van der Waals surface area (Å²) in [4.78, 5) is 18.5. The summed E-state index contributed by atoms with van der Waals surface area (Å²) >= 11 is 0. The molecule has 0 spiro atoms. The molecule has 2 fully saturated rings. The van der Waals surface area contributed by atoms with Crippen molar-refractivity contribution in [3.05, 3.63) is 35.1 Å². The summed E-state index contributed by atoms with van der Waals surface area (Å²) in [5.74, 6) is 1.03. The van der Waals surface area contributed by atoms with Crippen LogP contribution in [0.25, 0.3) is 5.82 Å². The van der Waals surface area contributed by atoms with Crippen LogP contribution in [-0.2, 0) is 6.54 Å². The van der Waals surface area contributed by atoms with Gasteiger partial charge in [0.1, 0.15) is 12.7 Å². The van der Waals surface area contributed by atoms with E-state index in [1.54, 1.807) is 21.8 Å². The smallest absolute Gasteiger partial charge is 0.266 e. The first-order chi connectivity index (χ1) is 13.1. The molecule has 8 nitrogen and oxygen atoms in total. The first kappa shape index (κ1) is 18.3.